The van der Waals surface area contributed by atoms with Gasteiger partial charge in [-0.15, -0.1) is 0 Å². The molecule has 0 bridgehead atoms. The van der Waals surface area contributed by atoms with Crippen LogP contribution in [0.1, 0.15) is 18.7 Å². The van der Waals surface area contributed by atoms with E-state index in [9.17, 15) is 10.2 Å². The molecule has 1 saturated carbocycles. The maximum Gasteiger partial charge on any atom is 0.164 e. The lowest BCUT2D eigenvalue weighted by Gasteiger charge is -2.48. The quantitative estimate of drug-likeness (QED) is 0.811. The molecule has 0 aromatic carbocycles. The maximum absolute atomic E-state index is 9.97. The van der Waals surface area contributed by atoms with Crippen LogP contribution in [0.3, 0.4) is 0 Å². The molecule has 6 nitrogen and oxygen atoms in total. The Balaban J connectivity index is 2.07. The topological polar surface area (TPSA) is 84.1 Å². The summed E-state index contributed by atoms with van der Waals surface area (Å²) in [5.74, 6) is -0.138. The molecule has 0 amide bonds. The smallest absolute Gasteiger partial charge is 0.164 e. The van der Waals surface area contributed by atoms with E-state index >= 15 is 0 Å². The summed E-state index contributed by atoms with van der Waals surface area (Å²) >= 11 is 0. The molecule has 0 spiro atoms. The molecule has 1 unspecified atom stereocenters. The Bertz CT molecular complexity index is 664. The summed E-state index contributed by atoms with van der Waals surface area (Å²) in [6, 6.07) is -0.0774. The second-order valence-electron chi connectivity index (χ2n) is 5.41. The van der Waals surface area contributed by atoms with Gasteiger partial charge in [0, 0.05) is 11.8 Å². The van der Waals surface area contributed by atoms with Gasteiger partial charge < -0.3 is 14.8 Å². The highest BCUT2D eigenvalue weighted by Crippen LogP contribution is 2.50. The molecule has 0 saturated heterocycles. The molecule has 3 rings (SSSR count). The van der Waals surface area contributed by atoms with Gasteiger partial charge in [0.05, 0.1) is 30.8 Å². The highest BCUT2D eigenvalue weighted by atomic mass is 16.3. The number of fused-ring (bicyclic) bond motifs is 1. The van der Waals surface area contributed by atoms with Crippen molar-refractivity contribution in [3.63, 3.8) is 0 Å². The van der Waals surface area contributed by atoms with Crippen LogP contribution in [-0.4, -0.2) is 42.4 Å². The van der Waals surface area contributed by atoms with Crippen LogP contribution in [-0.2, 0) is 0 Å². The van der Waals surface area contributed by atoms with E-state index in [2.05, 4.69) is 21.5 Å². The number of nitrogens with zero attached hydrogens (tertiary/aromatic N) is 4. The van der Waals surface area contributed by atoms with E-state index in [4.69, 9.17) is 0 Å². The summed E-state index contributed by atoms with van der Waals surface area (Å²) in [4.78, 5) is 12.8. The van der Waals surface area contributed by atoms with Gasteiger partial charge in [-0.2, -0.15) is 0 Å². The van der Waals surface area contributed by atoms with E-state index < -0.39 is 6.10 Å². The highest BCUT2D eigenvalue weighted by molar-refractivity contribution is 5.73. The molecule has 1 fully saturated rings. The molecular formula is C14H18N4O2. The predicted octanol–water partition coefficient (Wildman–Crippen LogP) is 0.851. The van der Waals surface area contributed by atoms with Crippen LogP contribution in [0.4, 0.5) is 0 Å². The van der Waals surface area contributed by atoms with Gasteiger partial charge >= 0.3 is 0 Å². The lowest BCUT2D eigenvalue weighted by atomic mass is 9.63. The Morgan fingerprint density at radius 3 is 2.80 bits per heavy atom. The Morgan fingerprint density at radius 1 is 1.40 bits per heavy atom. The summed E-state index contributed by atoms with van der Waals surface area (Å²) in [5, 5.41) is 19.4. The van der Waals surface area contributed by atoms with Gasteiger partial charge in [-0.1, -0.05) is 6.58 Å². The average Bonchev–Trinajstić information content (AvgIpc) is 2.81. The van der Waals surface area contributed by atoms with Crippen molar-refractivity contribution in [3.05, 3.63) is 30.5 Å². The molecule has 4 atom stereocenters. The van der Waals surface area contributed by atoms with E-state index in [0.29, 0.717) is 0 Å². The molecular weight excluding hydrogens is 256 g/mol. The van der Waals surface area contributed by atoms with Gasteiger partial charge in [-0.25, -0.2) is 15.0 Å². The zero-order chi connectivity index (χ0) is 14.4. The van der Waals surface area contributed by atoms with E-state index in [0.717, 1.165) is 22.4 Å². The summed E-state index contributed by atoms with van der Waals surface area (Å²) in [7, 11) is 0. The van der Waals surface area contributed by atoms with Crippen molar-refractivity contribution in [1.82, 2.24) is 19.5 Å². The zero-order valence-electron chi connectivity index (χ0n) is 11.6. The molecule has 1 aliphatic carbocycles. The molecule has 6 heteroatoms. The molecule has 106 valence electrons. The van der Waals surface area contributed by atoms with Gasteiger partial charge in [0.25, 0.3) is 0 Å². The Kier molecular flexibility index (Phi) is 3.07. The minimum absolute atomic E-state index is 0.00550. The monoisotopic (exact) mass is 274 g/mol. The maximum atomic E-state index is 9.97. The van der Waals surface area contributed by atoms with Crippen LogP contribution in [0.2, 0.25) is 0 Å². The highest BCUT2D eigenvalue weighted by Gasteiger charge is 2.48. The zero-order valence-corrected chi connectivity index (χ0v) is 11.6. The fourth-order valence-corrected chi connectivity index (χ4v) is 3.19. The van der Waals surface area contributed by atoms with Crippen molar-refractivity contribution in [2.75, 3.05) is 6.61 Å². The largest absolute Gasteiger partial charge is 0.396 e. The van der Waals surface area contributed by atoms with E-state index in [1.807, 2.05) is 11.5 Å². The normalized spacial score (nSPS) is 27.6. The second kappa shape index (κ2) is 4.64. The number of aliphatic hydroxyl groups is 2. The first-order valence-electron chi connectivity index (χ1n) is 6.68. The van der Waals surface area contributed by atoms with E-state index in [1.54, 1.807) is 13.3 Å². The lowest BCUT2D eigenvalue weighted by molar-refractivity contribution is 0.00234. The molecule has 0 aliphatic heterocycles. The van der Waals surface area contributed by atoms with Gasteiger partial charge in [0.1, 0.15) is 11.8 Å². The number of aryl methyl sites for hydroxylation is 1. The first-order valence-corrected chi connectivity index (χ1v) is 6.68. The number of aliphatic hydroxyl groups excluding tert-OH is 2. The first-order chi connectivity index (χ1) is 9.56. The van der Waals surface area contributed by atoms with Gasteiger partial charge in [0.15, 0.2) is 5.65 Å². The summed E-state index contributed by atoms with van der Waals surface area (Å²) in [6.45, 7) is 7.69. The van der Waals surface area contributed by atoms with Crippen molar-refractivity contribution < 1.29 is 10.2 Å². The van der Waals surface area contributed by atoms with Crippen molar-refractivity contribution in [2.45, 2.75) is 26.0 Å². The fourth-order valence-electron chi connectivity index (χ4n) is 3.19. The van der Waals surface area contributed by atoms with Crippen molar-refractivity contribution in [3.8, 4) is 0 Å². The molecule has 20 heavy (non-hydrogen) atoms. The standard InChI is InChI=1S/C14H18N4O2/c1-7-10(4-19)11(9(3)20)13(7)18-6-17-12-8(2)15-5-16-14(12)18/h5-6,9-11,13,19-20H,1,4H2,2-3H3/t9?,10-,11+,13+/m0/s1. The van der Waals surface area contributed by atoms with Crippen molar-refractivity contribution in [2.24, 2.45) is 11.8 Å². The third-order valence-electron chi connectivity index (χ3n) is 4.28. The molecule has 2 aromatic rings. The Morgan fingerprint density at radius 2 is 2.15 bits per heavy atom. The third kappa shape index (κ3) is 1.68. The molecule has 2 heterocycles. The third-order valence-corrected chi connectivity index (χ3v) is 4.28. The van der Waals surface area contributed by atoms with E-state index in [-0.39, 0.29) is 24.5 Å². The second-order valence-corrected chi connectivity index (χ2v) is 5.41. The fraction of sp³-hybridized carbons (Fsp3) is 0.500. The molecule has 2 aromatic heterocycles. The summed E-state index contributed by atoms with van der Waals surface area (Å²) in [5.41, 5.74) is 3.24. The number of hydrogen-bond donors (Lipinski definition) is 2. The molecule has 0 radical (unpaired) electrons. The van der Waals surface area contributed by atoms with E-state index in [1.165, 1.54) is 6.33 Å². The predicted molar refractivity (Wildman–Crippen MR) is 74.0 cm³/mol. The average molecular weight is 274 g/mol. The SMILES string of the molecule is C=C1[C@@H](n2cnc3c(C)ncnc32)[C@H](C(C)O)[C@H]1CO. The number of hydrogen-bond acceptors (Lipinski definition) is 5. The number of rotatable bonds is 3. The summed E-state index contributed by atoms with van der Waals surface area (Å²) in [6.07, 6.45) is 2.70. The Labute approximate surface area is 116 Å². The Hall–Kier alpha value is -1.79. The van der Waals surface area contributed by atoms with Gasteiger partial charge in [0.2, 0.25) is 0 Å². The van der Waals surface area contributed by atoms with Crippen LogP contribution in [0, 0.1) is 18.8 Å². The van der Waals surface area contributed by atoms with Crippen LogP contribution in [0.15, 0.2) is 24.8 Å². The first kappa shape index (κ1) is 13.2. The van der Waals surface area contributed by atoms with Crippen LogP contribution >= 0.6 is 0 Å². The minimum atomic E-state index is -0.525. The van der Waals surface area contributed by atoms with Crippen LogP contribution in [0.5, 0.6) is 0 Å². The number of aromatic nitrogens is 4. The van der Waals surface area contributed by atoms with Crippen LogP contribution in [0.25, 0.3) is 11.2 Å². The summed E-state index contributed by atoms with van der Waals surface area (Å²) < 4.78 is 1.93. The van der Waals surface area contributed by atoms with Crippen molar-refractivity contribution in [1.29, 1.82) is 0 Å². The molecule has 1 aliphatic rings. The minimum Gasteiger partial charge on any atom is -0.396 e. The lowest BCUT2D eigenvalue weighted by Crippen LogP contribution is -2.48. The van der Waals surface area contributed by atoms with Gasteiger partial charge in [-0.05, 0) is 19.4 Å². The van der Waals surface area contributed by atoms with Gasteiger partial charge in [-0.3, -0.25) is 0 Å². The molecule has 2 N–H and O–H groups in total. The van der Waals surface area contributed by atoms with Crippen LogP contribution < -0.4 is 0 Å². The van der Waals surface area contributed by atoms with Crippen molar-refractivity contribution >= 4 is 11.2 Å². The number of imidazole rings is 1.